The number of anilines is 1. The number of hydrogen-bond donors (Lipinski definition) is 2. The summed E-state index contributed by atoms with van der Waals surface area (Å²) in [6, 6.07) is 6.50. The number of methoxy groups -OCH3 is 1. The van der Waals surface area contributed by atoms with Crippen molar-refractivity contribution in [1.82, 2.24) is 0 Å². The quantitative estimate of drug-likeness (QED) is 0.597. The SMILES string of the molecule is COC(=O)CCS(=O)(=O)Nc1ccc(C#CCCO)cc1. The van der Waals surface area contributed by atoms with Gasteiger partial charge in [0.15, 0.2) is 0 Å². The fraction of sp³-hybridized carbons (Fsp3) is 0.357. The summed E-state index contributed by atoms with van der Waals surface area (Å²) < 4.78 is 30.2. The van der Waals surface area contributed by atoms with Crippen molar-refractivity contribution in [1.29, 1.82) is 0 Å². The summed E-state index contributed by atoms with van der Waals surface area (Å²) in [4.78, 5) is 10.9. The molecule has 0 aliphatic heterocycles. The van der Waals surface area contributed by atoms with Crippen LogP contribution in [0.5, 0.6) is 0 Å². The second kappa shape index (κ2) is 8.29. The van der Waals surface area contributed by atoms with Crippen molar-refractivity contribution >= 4 is 21.7 Å². The Hall–Kier alpha value is -2.04. The number of sulfonamides is 1. The zero-order valence-corrected chi connectivity index (χ0v) is 12.4. The topological polar surface area (TPSA) is 92.7 Å². The summed E-state index contributed by atoms with van der Waals surface area (Å²) >= 11 is 0. The van der Waals surface area contributed by atoms with Gasteiger partial charge in [-0.3, -0.25) is 9.52 Å². The first-order chi connectivity index (χ1) is 9.96. The van der Waals surface area contributed by atoms with Gasteiger partial charge >= 0.3 is 5.97 Å². The average Bonchev–Trinajstić information content (AvgIpc) is 2.46. The molecule has 0 atom stereocenters. The predicted octanol–water partition coefficient (Wildman–Crippen LogP) is 0.725. The lowest BCUT2D eigenvalue weighted by molar-refractivity contribution is -0.140. The normalized spacial score (nSPS) is 10.4. The number of ether oxygens (including phenoxy) is 1. The summed E-state index contributed by atoms with van der Waals surface area (Å²) in [6.45, 7) is 0.00504. The van der Waals surface area contributed by atoms with Crippen LogP contribution in [0.2, 0.25) is 0 Å². The third-order valence-electron chi connectivity index (χ3n) is 2.43. The minimum Gasteiger partial charge on any atom is -0.469 e. The number of esters is 1. The summed E-state index contributed by atoms with van der Waals surface area (Å²) in [6.07, 6.45) is 0.193. The van der Waals surface area contributed by atoms with Gasteiger partial charge in [-0.05, 0) is 24.3 Å². The zero-order chi connectivity index (χ0) is 15.7. The summed E-state index contributed by atoms with van der Waals surface area (Å²) in [5.74, 6) is 4.69. The molecule has 1 aromatic carbocycles. The monoisotopic (exact) mass is 311 g/mol. The Morgan fingerprint density at radius 3 is 2.57 bits per heavy atom. The maximum Gasteiger partial charge on any atom is 0.306 e. The Bertz CT molecular complexity index is 626. The highest BCUT2D eigenvalue weighted by Gasteiger charge is 2.13. The number of carbonyl (C=O) groups excluding carboxylic acids is 1. The number of carbonyl (C=O) groups is 1. The molecule has 0 radical (unpaired) electrons. The molecule has 0 aliphatic rings. The third kappa shape index (κ3) is 6.79. The highest BCUT2D eigenvalue weighted by Crippen LogP contribution is 2.11. The first kappa shape index (κ1) is 17.0. The number of hydrogen-bond acceptors (Lipinski definition) is 5. The van der Waals surface area contributed by atoms with Crippen LogP contribution in [0.1, 0.15) is 18.4 Å². The van der Waals surface area contributed by atoms with E-state index < -0.39 is 16.0 Å². The van der Waals surface area contributed by atoms with Crippen molar-refractivity contribution in [3.63, 3.8) is 0 Å². The van der Waals surface area contributed by atoms with Gasteiger partial charge in [0.05, 0.1) is 25.9 Å². The molecule has 0 amide bonds. The van der Waals surface area contributed by atoms with Crippen LogP contribution >= 0.6 is 0 Å². The molecule has 0 aromatic heterocycles. The van der Waals surface area contributed by atoms with Gasteiger partial charge in [-0.1, -0.05) is 11.8 Å². The van der Waals surface area contributed by atoms with Gasteiger partial charge in [-0.25, -0.2) is 8.42 Å². The molecule has 0 heterocycles. The highest BCUT2D eigenvalue weighted by molar-refractivity contribution is 7.92. The molecule has 6 nitrogen and oxygen atoms in total. The molecule has 0 spiro atoms. The maximum atomic E-state index is 11.7. The summed E-state index contributed by atoms with van der Waals surface area (Å²) in [7, 11) is -2.39. The number of nitrogens with one attached hydrogen (secondary N) is 1. The Labute approximate surface area is 124 Å². The fourth-order valence-corrected chi connectivity index (χ4v) is 2.43. The number of benzene rings is 1. The van der Waals surface area contributed by atoms with E-state index in [9.17, 15) is 13.2 Å². The smallest absolute Gasteiger partial charge is 0.306 e. The van der Waals surface area contributed by atoms with Crippen LogP contribution in [-0.4, -0.2) is 39.0 Å². The highest BCUT2D eigenvalue weighted by atomic mass is 32.2. The van der Waals surface area contributed by atoms with Crippen LogP contribution in [0.3, 0.4) is 0 Å². The van der Waals surface area contributed by atoms with Crippen molar-refractivity contribution in [3.05, 3.63) is 29.8 Å². The first-order valence-corrected chi connectivity index (χ1v) is 7.89. The lowest BCUT2D eigenvalue weighted by atomic mass is 10.2. The molecule has 0 fully saturated rings. The Morgan fingerprint density at radius 1 is 1.33 bits per heavy atom. The zero-order valence-electron chi connectivity index (χ0n) is 11.6. The second-order valence-corrected chi connectivity index (χ2v) is 5.94. The Kier molecular flexibility index (Phi) is 6.72. The van der Waals surface area contributed by atoms with Gasteiger partial charge in [0.25, 0.3) is 0 Å². The number of aliphatic hydroxyl groups excluding tert-OH is 1. The molecule has 114 valence electrons. The van der Waals surface area contributed by atoms with Gasteiger partial charge in [0.2, 0.25) is 10.0 Å². The van der Waals surface area contributed by atoms with Crippen LogP contribution < -0.4 is 4.72 Å². The van der Waals surface area contributed by atoms with Crippen LogP contribution in [0.25, 0.3) is 0 Å². The van der Waals surface area contributed by atoms with E-state index >= 15 is 0 Å². The first-order valence-electron chi connectivity index (χ1n) is 6.24. The second-order valence-electron chi connectivity index (χ2n) is 4.10. The molecule has 1 aromatic rings. The molecule has 21 heavy (non-hydrogen) atoms. The van der Waals surface area contributed by atoms with Crippen LogP contribution in [0, 0.1) is 11.8 Å². The van der Waals surface area contributed by atoms with Crippen molar-refractivity contribution in [2.75, 3.05) is 24.2 Å². The van der Waals surface area contributed by atoms with E-state index in [1.165, 1.54) is 7.11 Å². The molecule has 2 N–H and O–H groups in total. The van der Waals surface area contributed by atoms with E-state index in [2.05, 4.69) is 21.3 Å². The van der Waals surface area contributed by atoms with Gasteiger partial charge in [0, 0.05) is 17.7 Å². The minimum absolute atomic E-state index is 0.00504. The van der Waals surface area contributed by atoms with Crippen LogP contribution in [0.15, 0.2) is 24.3 Å². The maximum absolute atomic E-state index is 11.7. The summed E-state index contributed by atoms with van der Waals surface area (Å²) in [5, 5.41) is 8.61. The lowest BCUT2D eigenvalue weighted by Gasteiger charge is -2.07. The Morgan fingerprint density at radius 2 is 2.00 bits per heavy atom. The van der Waals surface area contributed by atoms with Crippen molar-refractivity contribution < 1.29 is 23.1 Å². The molecule has 0 aliphatic carbocycles. The molecule has 1 rings (SSSR count). The van der Waals surface area contributed by atoms with Crippen molar-refractivity contribution in [3.8, 4) is 11.8 Å². The van der Waals surface area contributed by atoms with Crippen LogP contribution in [-0.2, 0) is 19.6 Å². The van der Waals surface area contributed by atoms with Crippen LogP contribution in [0.4, 0.5) is 5.69 Å². The van der Waals surface area contributed by atoms with E-state index in [1.54, 1.807) is 24.3 Å². The predicted molar refractivity (Wildman–Crippen MR) is 79.1 cm³/mol. The van der Waals surface area contributed by atoms with Gasteiger partial charge in [0.1, 0.15) is 0 Å². The lowest BCUT2D eigenvalue weighted by Crippen LogP contribution is -2.19. The minimum atomic E-state index is -3.59. The molecular formula is C14H17NO5S. The van der Waals surface area contributed by atoms with E-state index in [1.807, 2.05) is 0 Å². The summed E-state index contributed by atoms with van der Waals surface area (Å²) in [5.41, 5.74) is 1.12. The number of rotatable bonds is 6. The van der Waals surface area contributed by atoms with Gasteiger partial charge in [-0.2, -0.15) is 0 Å². The molecule has 0 unspecified atom stereocenters. The Balaban J connectivity index is 2.63. The molecule has 0 saturated carbocycles. The molecular weight excluding hydrogens is 294 g/mol. The largest absolute Gasteiger partial charge is 0.469 e. The van der Waals surface area contributed by atoms with E-state index in [-0.39, 0.29) is 18.8 Å². The van der Waals surface area contributed by atoms with Gasteiger partial charge < -0.3 is 9.84 Å². The van der Waals surface area contributed by atoms with E-state index in [0.717, 1.165) is 5.56 Å². The van der Waals surface area contributed by atoms with Crippen molar-refractivity contribution in [2.45, 2.75) is 12.8 Å². The van der Waals surface area contributed by atoms with Gasteiger partial charge in [-0.15, -0.1) is 0 Å². The molecule has 0 bridgehead atoms. The number of aliphatic hydroxyl groups is 1. The van der Waals surface area contributed by atoms with Crippen molar-refractivity contribution in [2.24, 2.45) is 0 Å². The molecule has 0 saturated heterocycles. The molecule has 7 heteroatoms. The van der Waals surface area contributed by atoms with E-state index in [4.69, 9.17) is 5.11 Å². The van der Waals surface area contributed by atoms with E-state index in [0.29, 0.717) is 12.1 Å². The standard InChI is InChI=1S/C14H17NO5S/c1-20-14(17)9-11-21(18,19)15-13-7-5-12(6-8-13)4-2-3-10-16/h5-8,15-16H,3,9-11H2,1H3. The third-order valence-corrected chi connectivity index (χ3v) is 3.72. The average molecular weight is 311 g/mol. The fourth-order valence-electron chi connectivity index (χ4n) is 1.39.